The van der Waals surface area contributed by atoms with Gasteiger partial charge < -0.3 is 5.32 Å². The van der Waals surface area contributed by atoms with Gasteiger partial charge in [0.1, 0.15) is 6.04 Å². The van der Waals surface area contributed by atoms with Crippen LogP contribution in [0.3, 0.4) is 0 Å². The molecule has 0 unspecified atom stereocenters. The molecule has 0 saturated carbocycles. The molecule has 1 amide bonds. The molecule has 0 radical (unpaired) electrons. The standard InChI is InChI=1S/C19H24N2O3S/c1-14-10-11-15(2)18(12-14)21(25(4,23)24)16(3)19(22)20-13-17-8-6-5-7-9-17/h5-12,16H,13H2,1-4H3,(H,20,22)/t16-/m0/s1. The highest BCUT2D eigenvalue weighted by molar-refractivity contribution is 7.92. The summed E-state index contributed by atoms with van der Waals surface area (Å²) in [6.45, 7) is 5.68. The summed E-state index contributed by atoms with van der Waals surface area (Å²) in [6, 6.07) is 14.2. The van der Waals surface area contributed by atoms with Crippen molar-refractivity contribution >= 4 is 21.6 Å². The summed E-state index contributed by atoms with van der Waals surface area (Å²) < 4.78 is 25.9. The molecule has 0 aliphatic heterocycles. The van der Waals surface area contributed by atoms with Crippen molar-refractivity contribution in [2.45, 2.75) is 33.4 Å². The molecular formula is C19H24N2O3S. The van der Waals surface area contributed by atoms with Crippen molar-refractivity contribution in [1.29, 1.82) is 0 Å². The largest absolute Gasteiger partial charge is 0.350 e. The van der Waals surface area contributed by atoms with E-state index in [-0.39, 0.29) is 5.91 Å². The number of anilines is 1. The summed E-state index contributed by atoms with van der Waals surface area (Å²) >= 11 is 0. The van der Waals surface area contributed by atoms with E-state index < -0.39 is 16.1 Å². The molecule has 2 aromatic carbocycles. The highest BCUT2D eigenvalue weighted by Crippen LogP contribution is 2.26. The molecule has 25 heavy (non-hydrogen) atoms. The van der Waals surface area contributed by atoms with E-state index in [0.717, 1.165) is 22.9 Å². The SMILES string of the molecule is Cc1ccc(C)c(N([C@@H](C)C(=O)NCc2ccccc2)S(C)(=O)=O)c1. The number of carbonyl (C=O) groups excluding carboxylic acids is 1. The van der Waals surface area contributed by atoms with Gasteiger partial charge >= 0.3 is 0 Å². The molecule has 1 N–H and O–H groups in total. The first-order valence-electron chi connectivity index (χ1n) is 8.08. The van der Waals surface area contributed by atoms with Gasteiger partial charge in [-0.25, -0.2) is 8.42 Å². The third-order valence-corrected chi connectivity index (χ3v) is 5.23. The van der Waals surface area contributed by atoms with Gasteiger partial charge in [0.15, 0.2) is 0 Å². The fourth-order valence-corrected chi connectivity index (χ4v) is 3.89. The molecule has 1 atom stereocenters. The van der Waals surface area contributed by atoms with Gasteiger partial charge in [-0.05, 0) is 43.5 Å². The average molecular weight is 360 g/mol. The van der Waals surface area contributed by atoms with E-state index in [4.69, 9.17) is 0 Å². The third kappa shape index (κ3) is 4.82. The first kappa shape index (κ1) is 19.0. The second-order valence-electron chi connectivity index (χ2n) is 6.23. The molecule has 0 fully saturated rings. The van der Waals surface area contributed by atoms with Crippen molar-refractivity contribution in [2.75, 3.05) is 10.6 Å². The monoisotopic (exact) mass is 360 g/mol. The number of hydrogen-bond acceptors (Lipinski definition) is 3. The number of rotatable bonds is 6. The molecule has 5 nitrogen and oxygen atoms in total. The number of benzene rings is 2. The van der Waals surface area contributed by atoms with Gasteiger partial charge in [-0.2, -0.15) is 0 Å². The Morgan fingerprint density at radius 2 is 1.76 bits per heavy atom. The van der Waals surface area contributed by atoms with Crippen LogP contribution in [0.4, 0.5) is 5.69 Å². The molecule has 0 aliphatic rings. The van der Waals surface area contributed by atoms with E-state index >= 15 is 0 Å². The number of amides is 1. The van der Waals surface area contributed by atoms with Gasteiger partial charge in [0, 0.05) is 6.54 Å². The van der Waals surface area contributed by atoms with Crippen LogP contribution < -0.4 is 9.62 Å². The van der Waals surface area contributed by atoms with Crippen molar-refractivity contribution in [2.24, 2.45) is 0 Å². The fraction of sp³-hybridized carbons (Fsp3) is 0.316. The second-order valence-corrected chi connectivity index (χ2v) is 8.09. The number of sulfonamides is 1. The van der Waals surface area contributed by atoms with Crippen LogP contribution in [0.15, 0.2) is 48.5 Å². The molecule has 2 rings (SSSR count). The van der Waals surface area contributed by atoms with E-state index in [9.17, 15) is 13.2 Å². The van der Waals surface area contributed by atoms with Crippen molar-refractivity contribution in [1.82, 2.24) is 5.32 Å². The Morgan fingerprint density at radius 1 is 1.12 bits per heavy atom. The van der Waals surface area contributed by atoms with Crippen LogP contribution in [0.5, 0.6) is 0 Å². The molecular weight excluding hydrogens is 336 g/mol. The van der Waals surface area contributed by atoms with Crippen molar-refractivity contribution in [3.63, 3.8) is 0 Å². The summed E-state index contributed by atoms with van der Waals surface area (Å²) in [7, 11) is -3.61. The Bertz CT molecular complexity index is 848. The van der Waals surface area contributed by atoms with Gasteiger partial charge in [-0.3, -0.25) is 9.10 Å². The molecule has 0 bridgehead atoms. The Morgan fingerprint density at radius 3 is 2.36 bits per heavy atom. The normalized spacial score (nSPS) is 12.5. The van der Waals surface area contributed by atoms with Crippen LogP contribution in [0.1, 0.15) is 23.6 Å². The van der Waals surface area contributed by atoms with Crippen LogP contribution in [-0.4, -0.2) is 26.6 Å². The summed E-state index contributed by atoms with van der Waals surface area (Å²) in [5.41, 5.74) is 3.23. The van der Waals surface area contributed by atoms with Gasteiger partial charge in [-0.15, -0.1) is 0 Å². The predicted octanol–water partition coefficient (Wildman–Crippen LogP) is 2.77. The number of carbonyl (C=O) groups is 1. The molecule has 0 aromatic heterocycles. The van der Waals surface area contributed by atoms with Gasteiger partial charge in [0.2, 0.25) is 15.9 Å². The van der Waals surface area contributed by atoms with Gasteiger partial charge in [-0.1, -0.05) is 42.5 Å². The second kappa shape index (κ2) is 7.70. The first-order valence-corrected chi connectivity index (χ1v) is 9.93. The Hall–Kier alpha value is -2.34. The summed E-state index contributed by atoms with van der Waals surface area (Å²) in [5.74, 6) is -0.338. The molecule has 0 saturated heterocycles. The molecule has 2 aromatic rings. The zero-order valence-corrected chi connectivity index (χ0v) is 15.8. The lowest BCUT2D eigenvalue weighted by molar-refractivity contribution is -0.122. The van der Waals surface area contributed by atoms with Crippen LogP contribution in [-0.2, 0) is 21.4 Å². The molecule has 6 heteroatoms. The smallest absolute Gasteiger partial charge is 0.243 e. The van der Waals surface area contributed by atoms with E-state index in [2.05, 4.69) is 5.32 Å². The molecule has 0 spiro atoms. The highest BCUT2D eigenvalue weighted by Gasteiger charge is 2.30. The minimum absolute atomic E-state index is 0.338. The molecule has 134 valence electrons. The van der Waals surface area contributed by atoms with E-state index in [1.54, 1.807) is 13.0 Å². The summed E-state index contributed by atoms with van der Waals surface area (Å²) in [6.07, 6.45) is 1.12. The Labute approximate surface area is 149 Å². The lowest BCUT2D eigenvalue weighted by Crippen LogP contribution is -2.48. The quantitative estimate of drug-likeness (QED) is 0.861. The number of nitrogens with zero attached hydrogens (tertiary/aromatic N) is 1. The first-order chi connectivity index (χ1) is 11.7. The van der Waals surface area contributed by atoms with Crippen LogP contribution in [0.25, 0.3) is 0 Å². The van der Waals surface area contributed by atoms with Gasteiger partial charge in [0.05, 0.1) is 11.9 Å². The predicted molar refractivity (Wildman–Crippen MR) is 101 cm³/mol. The summed E-state index contributed by atoms with van der Waals surface area (Å²) in [4.78, 5) is 12.6. The average Bonchev–Trinajstić information content (AvgIpc) is 2.55. The minimum Gasteiger partial charge on any atom is -0.350 e. The number of hydrogen-bond donors (Lipinski definition) is 1. The Balaban J connectivity index is 2.25. The van der Waals surface area contributed by atoms with E-state index in [1.165, 1.54) is 4.31 Å². The summed E-state index contributed by atoms with van der Waals surface area (Å²) in [5, 5.41) is 2.81. The third-order valence-electron chi connectivity index (χ3n) is 4.00. The lowest BCUT2D eigenvalue weighted by atomic mass is 10.1. The Kier molecular flexibility index (Phi) is 5.85. The number of aryl methyl sites for hydroxylation is 2. The van der Waals surface area contributed by atoms with Gasteiger partial charge in [0.25, 0.3) is 0 Å². The molecule has 0 heterocycles. The van der Waals surface area contributed by atoms with Crippen molar-refractivity contribution in [3.05, 3.63) is 65.2 Å². The minimum atomic E-state index is -3.61. The lowest BCUT2D eigenvalue weighted by Gasteiger charge is -2.29. The topological polar surface area (TPSA) is 66.5 Å². The molecule has 0 aliphatic carbocycles. The maximum atomic E-state index is 12.6. The van der Waals surface area contributed by atoms with E-state index in [0.29, 0.717) is 12.2 Å². The van der Waals surface area contributed by atoms with E-state index in [1.807, 2.05) is 56.3 Å². The number of nitrogens with one attached hydrogen (secondary N) is 1. The maximum Gasteiger partial charge on any atom is 0.243 e. The van der Waals surface area contributed by atoms with Crippen LogP contribution in [0.2, 0.25) is 0 Å². The maximum absolute atomic E-state index is 12.6. The fourth-order valence-electron chi connectivity index (χ4n) is 2.67. The van der Waals surface area contributed by atoms with Crippen molar-refractivity contribution < 1.29 is 13.2 Å². The highest BCUT2D eigenvalue weighted by atomic mass is 32.2. The zero-order chi connectivity index (χ0) is 18.6. The van der Waals surface area contributed by atoms with Crippen LogP contribution >= 0.6 is 0 Å². The van der Waals surface area contributed by atoms with Crippen LogP contribution in [0, 0.1) is 13.8 Å². The van der Waals surface area contributed by atoms with Crippen molar-refractivity contribution in [3.8, 4) is 0 Å². The zero-order valence-electron chi connectivity index (χ0n) is 15.0.